The normalized spacial score (nSPS) is 20.0. The maximum atomic E-state index is 13.2. The minimum atomic E-state index is -4.07. The van der Waals surface area contributed by atoms with Crippen molar-refractivity contribution < 1.29 is 18.0 Å². The van der Waals surface area contributed by atoms with Gasteiger partial charge in [0, 0.05) is 38.3 Å². The molecule has 0 saturated carbocycles. The van der Waals surface area contributed by atoms with Crippen LogP contribution in [0.2, 0.25) is 0 Å². The van der Waals surface area contributed by atoms with E-state index in [1.54, 1.807) is 17.0 Å². The second-order valence-electron chi connectivity index (χ2n) is 7.71. The molecule has 2 heterocycles. The van der Waals surface area contributed by atoms with Gasteiger partial charge in [-0.15, -0.1) is 0 Å². The molecule has 2 fully saturated rings. The smallest absolute Gasteiger partial charge is 0.267 e. The largest absolute Gasteiger partial charge is 0.368 e. The summed E-state index contributed by atoms with van der Waals surface area (Å²) in [6, 6.07) is 15.4. The Morgan fingerprint density at radius 1 is 0.933 bits per heavy atom. The molecule has 0 N–H and O–H groups in total. The summed E-state index contributed by atoms with van der Waals surface area (Å²) < 4.78 is 27.0. The first-order chi connectivity index (χ1) is 14.4. The molecule has 30 heavy (non-hydrogen) atoms. The Bertz CT molecular complexity index is 1030. The summed E-state index contributed by atoms with van der Waals surface area (Å²) >= 11 is 0. The van der Waals surface area contributed by atoms with Crippen molar-refractivity contribution in [3.05, 3.63) is 60.2 Å². The number of rotatable bonds is 4. The zero-order chi connectivity index (χ0) is 21.3. The number of aryl methyl sites for hydroxylation is 1. The minimum Gasteiger partial charge on any atom is -0.368 e. The lowest BCUT2D eigenvalue weighted by atomic mass is 10.1. The van der Waals surface area contributed by atoms with Crippen LogP contribution in [0.1, 0.15) is 18.4 Å². The number of carbonyl (C=O) groups is 2. The molecular formula is C22H25N3O4S. The molecule has 0 aromatic heterocycles. The fourth-order valence-corrected chi connectivity index (χ4v) is 5.64. The molecule has 2 saturated heterocycles. The quantitative estimate of drug-likeness (QED) is 0.746. The summed E-state index contributed by atoms with van der Waals surface area (Å²) in [7, 11) is -4.07. The van der Waals surface area contributed by atoms with Crippen LogP contribution in [-0.2, 0) is 19.6 Å². The van der Waals surface area contributed by atoms with Gasteiger partial charge in [-0.05, 0) is 37.6 Å². The van der Waals surface area contributed by atoms with Crippen molar-refractivity contribution >= 4 is 27.5 Å². The number of hydrogen-bond donors (Lipinski definition) is 0. The van der Waals surface area contributed by atoms with E-state index < -0.39 is 22.0 Å². The van der Waals surface area contributed by atoms with Crippen molar-refractivity contribution in [1.29, 1.82) is 0 Å². The van der Waals surface area contributed by atoms with Gasteiger partial charge in [-0.2, -0.15) is 0 Å². The molecule has 0 aliphatic carbocycles. The van der Waals surface area contributed by atoms with E-state index in [0.29, 0.717) is 26.2 Å². The summed E-state index contributed by atoms with van der Waals surface area (Å²) in [5.41, 5.74) is 2.02. The van der Waals surface area contributed by atoms with Crippen molar-refractivity contribution in [1.82, 2.24) is 9.21 Å². The maximum absolute atomic E-state index is 13.2. The highest BCUT2D eigenvalue weighted by Crippen LogP contribution is 2.29. The number of benzene rings is 2. The summed E-state index contributed by atoms with van der Waals surface area (Å²) in [4.78, 5) is 29.6. The highest BCUT2D eigenvalue weighted by Gasteiger charge is 2.45. The van der Waals surface area contributed by atoms with Gasteiger partial charge < -0.3 is 9.80 Å². The van der Waals surface area contributed by atoms with E-state index in [4.69, 9.17) is 0 Å². The number of sulfonamides is 1. The summed E-state index contributed by atoms with van der Waals surface area (Å²) in [6.45, 7) is 4.19. The fourth-order valence-electron chi connectivity index (χ4n) is 4.05. The van der Waals surface area contributed by atoms with Crippen LogP contribution in [0, 0.1) is 6.92 Å². The van der Waals surface area contributed by atoms with Gasteiger partial charge in [0.05, 0.1) is 4.90 Å². The Kier molecular flexibility index (Phi) is 5.51. The molecular weight excluding hydrogens is 402 g/mol. The highest BCUT2D eigenvalue weighted by atomic mass is 32.2. The van der Waals surface area contributed by atoms with Gasteiger partial charge in [0.1, 0.15) is 6.04 Å². The van der Waals surface area contributed by atoms with E-state index >= 15 is 0 Å². The minimum absolute atomic E-state index is 0.0371. The molecule has 2 aromatic carbocycles. The monoisotopic (exact) mass is 427 g/mol. The first-order valence-corrected chi connectivity index (χ1v) is 11.5. The molecule has 1 unspecified atom stereocenters. The lowest BCUT2D eigenvalue weighted by Gasteiger charge is -2.38. The lowest BCUT2D eigenvalue weighted by molar-refractivity contribution is -0.138. The number of amides is 2. The average molecular weight is 428 g/mol. The van der Waals surface area contributed by atoms with E-state index in [9.17, 15) is 18.0 Å². The van der Waals surface area contributed by atoms with Crippen molar-refractivity contribution in [2.75, 3.05) is 31.1 Å². The van der Waals surface area contributed by atoms with Gasteiger partial charge in [-0.25, -0.2) is 12.7 Å². The number of piperazine rings is 1. The molecule has 4 rings (SSSR count). The zero-order valence-corrected chi connectivity index (χ0v) is 17.7. The Morgan fingerprint density at radius 3 is 2.20 bits per heavy atom. The Labute approximate surface area is 176 Å². The van der Waals surface area contributed by atoms with Gasteiger partial charge >= 0.3 is 0 Å². The zero-order valence-electron chi connectivity index (χ0n) is 16.9. The fraction of sp³-hybridized carbons (Fsp3) is 0.364. The third-order valence-electron chi connectivity index (χ3n) is 5.74. The van der Waals surface area contributed by atoms with Gasteiger partial charge in [0.2, 0.25) is 11.8 Å². The van der Waals surface area contributed by atoms with E-state index in [2.05, 4.69) is 4.90 Å². The standard InChI is InChI=1S/C22H25N3O4S/c1-17-7-9-19(10-8-17)30(28,29)25-20(11-12-21(25)26)22(27)24-15-13-23(14-16-24)18-5-3-2-4-6-18/h2-10,20H,11-16H2,1H3. The van der Waals surface area contributed by atoms with E-state index in [0.717, 1.165) is 15.6 Å². The topological polar surface area (TPSA) is 78.0 Å². The van der Waals surface area contributed by atoms with Crippen LogP contribution in [0.15, 0.2) is 59.5 Å². The number of carbonyl (C=O) groups excluding carboxylic acids is 2. The molecule has 2 amide bonds. The molecule has 8 heteroatoms. The highest BCUT2D eigenvalue weighted by molar-refractivity contribution is 7.89. The number of nitrogens with zero attached hydrogens (tertiary/aromatic N) is 3. The summed E-state index contributed by atoms with van der Waals surface area (Å²) in [5.74, 6) is -0.805. The van der Waals surface area contributed by atoms with E-state index in [1.165, 1.54) is 12.1 Å². The average Bonchev–Trinajstić information content (AvgIpc) is 3.16. The number of para-hydroxylation sites is 1. The van der Waals surface area contributed by atoms with Crippen molar-refractivity contribution in [3.8, 4) is 0 Å². The predicted octanol–water partition coefficient (Wildman–Crippen LogP) is 2.02. The molecule has 2 aliphatic rings. The van der Waals surface area contributed by atoms with Crippen molar-refractivity contribution in [3.63, 3.8) is 0 Å². The van der Waals surface area contributed by atoms with Crippen LogP contribution in [0.5, 0.6) is 0 Å². The van der Waals surface area contributed by atoms with Crippen molar-refractivity contribution in [2.24, 2.45) is 0 Å². The first-order valence-electron chi connectivity index (χ1n) is 10.1. The van der Waals surface area contributed by atoms with Crippen LogP contribution >= 0.6 is 0 Å². The second kappa shape index (κ2) is 8.10. The molecule has 0 radical (unpaired) electrons. The molecule has 1 atom stereocenters. The third kappa shape index (κ3) is 3.79. The molecule has 2 aliphatic heterocycles. The van der Waals surface area contributed by atoms with Gasteiger partial charge in [0.25, 0.3) is 10.0 Å². The SMILES string of the molecule is Cc1ccc(S(=O)(=O)N2C(=O)CCC2C(=O)N2CCN(c3ccccc3)CC2)cc1. The summed E-state index contributed by atoms with van der Waals surface area (Å²) in [5, 5.41) is 0. The Hall–Kier alpha value is -2.87. The molecule has 158 valence electrons. The third-order valence-corrected chi connectivity index (χ3v) is 7.58. The molecule has 0 bridgehead atoms. The van der Waals surface area contributed by atoms with Crippen LogP contribution in [-0.4, -0.2) is 61.7 Å². The van der Waals surface area contributed by atoms with Crippen LogP contribution in [0.25, 0.3) is 0 Å². The summed E-state index contributed by atoms with van der Waals surface area (Å²) in [6.07, 6.45) is 0.285. The predicted molar refractivity (Wildman–Crippen MR) is 113 cm³/mol. The Morgan fingerprint density at radius 2 is 1.57 bits per heavy atom. The molecule has 0 spiro atoms. The van der Waals surface area contributed by atoms with Crippen LogP contribution in [0.4, 0.5) is 5.69 Å². The molecule has 2 aromatic rings. The number of anilines is 1. The number of hydrogen-bond acceptors (Lipinski definition) is 5. The van der Waals surface area contributed by atoms with Gasteiger partial charge in [-0.3, -0.25) is 9.59 Å². The first kappa shape index (κ1) is 20.4. The second-order valence-corrected chi connectivity index (χ2v) is 9.52. The lowest BCUT2D eigenvalue weighted by Crippen LogP contribution is -2.55. The maximum Gasteiger partial charge on any atom is 0.267 e. The van der Waals surface area contributed by atoms with E-state index in [1.807, 2.05) is 37.3 Å². The van der Waals surface area contributed by atoms with Crippen molar-refractivity contribution in [2.45, 2.75) is 30.7 Å². The van der Waals surface area contributed by atoms with Gasteiger partial charge in [0.15, 0.2) is 0 Å². The van der Waals surface area contributed by atoms with Crippen LogP contribution in [0.3, 0.4) is 0 Å². The van der Waals surface area contributed by atoms with Gasteiger partial charge in [-0.1, -0.05) is 35.9 Å². The molecule has 7 nitrogen and oxygen atoms in total. The van der Waals surface area contributed by atoms with E-state index in [-0.39, 0.29) is 23.6 Å². The Balaban J connectivity index is 1.49. The van der Waals surface area contributed by atoms with Crippen LogP contribution < -0.4 is 4.90 Å².